The summed E-state index contributed by atoms with van der Waals surface area (Å²) in [5, 5.41) is 7.76. The number of thiazole rings is 1. The molecule has 0 aromatic carbocycles. The number of guanidine groups is 1. The molecule has 148 valence electrons. The molecule has 0 amide bonds. The van der Waals surface area contributed by atoms with Gasteiger partial charge < -0.3 is 10.6 Å². The van der Waals surface area contributed by atoms with Crippen molar-refractivity contribution in [2.45, 2.75) is 64.8 Å². The van der Waals surface area contributed by atoms with Crippen LogP contribution in [0.2, 0.25) is 0 Å². The van der Waals surface area contributed by atoms with Crippen LogP contribution in [0, 0.1) is 0 Å². The second-order valence-corrected chi connectivity index (χ2v) is 10.4. The van der Waals surface area contributed by atoms with Crippen molar-refractivity contribution in [3.8, 4) is 0 Å². The molecule has 1 aliphatic carbocycles. The summed E-state index contributed by atoms with van der Waals surface area (Å²) in [6.45, 7) is 5.53. The van der Waals surface area contributed by atoms with Crippen LogP contribution in [0.15, 0.2) is 4.99 Å². The summed E-state index contributed by atoms with van der Waals surface area (Å²) in [5.41, 5.74) is 1.33. The Hall–Kier alpha value is -1.15. The fourth-order valence-corrected chi connectivity index (χ4v) is 4.93. The first-order chi connectivity index (χ1) is 12.4. The van der Waals surface area contributed by atoms with Gasteiger partial charge in [-0.25, -0.2) is 13.4 Å². The molecule has 0 bridgehead atoms. The molecule has 0 aliphatic heterocycles. The van der Waals surface area contributed by atoms with Crippen LogP contribution in [0.4, 0.5) is 0 Å². The van der Waals surface area contributed by atoms with Gasteiger partial charge in [0.15, 0.2) is 5.96 Å². The van der Waals surface area contributed by atoms with Crippen molar-refractivity contribution < 1.29 is 8.42 Å². The molecule has 1 atom stereocenters. The van der Waals surface area contributed by atoms with Gasteiger partial charge in [0.1, 0.15) is 9.84 Å². The van der Waals surface area contributed by atoms with Gasteiger partial charge in [-0.05, 0) is 52.4 Å². The van der Waals surface area contributed by atoms with Crippen molar-refractivity contribution >= 4 is 27.1 Å². The van der Waals surface area contributed by atoms with Gasteiger partial charge in [-0.2, -0.15) is 0 Å². The Morgan fingerprint density at radius 3 is 2.81 bits per heavy atom. The van der Waals surface area contributed by atoms with Gasteiger partial charge in [0.05, 0.1) is 16.5 Å². The van der Waals surface area contributed by atoms with Crippen LogP contribution in [0.5, 0.6) is 0 Å². The van der Waals surface area contributed by atoms with E-state index < -0.39 is 9.84 Å². The Labute approximate surface area is 161 Å². The first-order valence-corrected chi connectivity index (χ1v) is 12.4. The lowest BCUT2D eigenvalue weighted by atomic mass is 10.0. The predicted molar refractivity (Wildman–Crippen MR) is 110 cm³/mol. The lowest BCUT2D eigenvalue weighted by molar-refractivity contribution is 0.581. The third-order valence-corrected chi connectivity index (χ3v) is 6.55. The third kappa shape index (κ3) is 7.61. The van der Waals surface area contributed by atoms with Crippen molar-refractivity contribution in [1.29, 1.82) is 0 Å². The van der Waals surface area contributed by atoms with Crippen LogP contribution >= 0.6 is 11.3 Å². The summed E-state index contributed by atoms with van der Waals surface area (Å²) in [5.74, 6) is 0.946. The van der Waals surface area contributed by atoms with Crippen LogP contribution in [0.3, 0.4) is 0 Å². The Morgan fingerprint density at radius 2 is 2.12 bits per heavy atom. The van der Waals surface area contributed by atoms with E-state index in [1.165, 1.54) is 41.1 Å². The molecule has 26 heavy (non-hydrogen) atoms. The number of nitrogens with one attached hydrogen (secondary N) is 2. The standard InChI is InChI=1S/C18H32N4O2S2/c1-4-19-18(21-14(2)11-13-26(3,23)24)20-12-7-10-17-22-15-8-5-6-9-16(15)25-17/h14H,4-13H2,1-3H3,(H2,19,20,21). The first kappa shape index (κ1) is 21.2. The van der Waals surface area contributed by atoms with Crippen LogP contribution in [-0.4, -0.2) is 50.5 Å². The average molecular weight is 401 g/mol. The highest BCUT2D eigenvalue weighted by Gasteiger charge is 2.14. The molecule has 0 saturated carbocycles. The quantitative estimate of drug-likeness (QED) is 0.378. The molecule has 1 aliphatic rings. The maximum Gasteiger partial charge on any atom is 0.191 e. The highest BCUT2D eigenvalue weighted by Crippen LogP contribution is 2.27. The molecule has 1 aromatic heterocycles. The number of fused-ring (bicyclic) bond motifs is 1. The summed E-state index contributed by atoms with van der Waals surface area (Å²) in [6, 6.07) is 0.0632. The van der Waals surface area contributed by atoms with Crippen LogP contribution < -0.4 is 10.6 Å². The molecule has 0 spiro atoms. The lowest BCUT2D eigenvalue weighted by Crippen LogP contribution is -2.42. The predicted octanol–water partition coefficient (Wildman–Crippen LogP) is 2.33. The van der Waals surface area contributed by atoms with Gasteiger partial charge >= 0.3 is 0 Å². The third-order valence-electron chi connectivity index (χ3n) is 4.36. The van der Waals surface area contributed by atoms with Crippen molar-refractivity contribution in [2.24, 2.45) is 4.99 Å². The number of sulfone groups is 1. The number of hydrogen-bond acceptors (Lipinski definition) is 5. The van der Waals surface area contributed by atoms with E-state index >= 15 is 0 Å². The Morgan fingerprint density at radius 1 is 1.35 bits per heavy atom. The maximum atomic E-state index is 11.3. The highest BCUT2D eigenvalue weighted by molar-refractivity contribution is 7.90. The normalized spacial score (nSPS) is 16.2. The average Bonchev–Trinajstić information content (AvgIpc) is 2.99. The molecule has 0 radical (unpaired) electrons. The number of aliphatic imine (C=N–C) groups is 1. The summed E-state index contributed by atoms with van der Waals surface area (Å²) < 4.78 is 22.6. The van der Waals surface area contributed by atoms with Crippen molar-refractivity contribution in [3.63, 3.8) is 0 Å². The van der Waals surface area contributed by atoms with Crippen molar-refractivity contribution in [1.82, 2.24) is 15.6 Å². The maximum absolute atomic E-state index is 11.3. The van der Waals surface area contributed by atoms with E-state index in [0.29, 0.717) is 6.42 Å². The van der Waals surface area contributed by atoms with E-state index in [1.807, 2.05) is 25.2 Å². The minimum Gasteiger partial charge on any atom is -0.357 e. The number of hydrogen-bond donors (Lipinski definition) is 2. The summed E-state index contributed by atoms with van der Waals surface area (Å²) >= 11 is 1.88. The van der Waals surface area contributed by atoms with E-state index in [9.17, 15) is 8.42 Å². The van der Waals surface area contributed by atoms with Gasteiger partial charge in [0.25, 0.3) is 0 Å². The minimum atomic E-state index is -2.93. The first-order valence-electron chi connectivity index (χ1n) is 9.57. The van der Waals surface area contributed by atoms with E-state index in [1.54, 1.807) is 0 Å². The molecule has 0 saturated heterocycles. The molecule has 1 unspecified atom stereocenters. The zero-order valence-electron chi connectivity index (χ0n) is 16.2. The van der Waals surface area contributed by atoms with Crippen molar-refractivity contribution in [3.05, 3.63) is 15.6 Å². The second kappa shape index (κ2) is 10.3. The van der Waals surface area contributed by atoms with Gasteiger partial charge in [-0.3, -0.25) is 4.99 Å². The Balaban J connectivity index is 1.77. The number of rotatable bonds is 9. The molecular weight excluding hydrogens is 368 g/mol. The summed E-state index contributed by atoms with van der Waals surface area (Å²) in [4.78, 5) is 10.9. The highest BCUT2D eigenvalue weighted by atomic mass is 32.2. The number of nitrogens with zero attached hydrogens (tertiary/aromatic N) is 2. The van der Waals surface area contributed by atoms with E-state index in [-0.39, 0.29) is 11.8 Å². The monoisotopic (exact) mass is 400 g/mol. The van der Waals surface area contributed by atoms with Crippen molar-refractivity contribution in [2.75, 3.05) is 25.1 Å². The number of aryl methyl sites for hydroxylation is 3. The molecule has 0 fully saturated rings. The van der Waals surface area contributed by atoms with Gasteiger partial charge in [0.2, 0.25) is 0 Å². The SMILES string of the molecule is CCNC(=NCCCc1nc2c(s1)CCCC2)NC(C)CCS(C)(=O)=O. The smallest absolute Gasteiger partial charge is 0.191 e. The largest absolute Gasteiger partial charge is 0.357 e. The van der Waals surface area contributed by atoms with E-state index in [2.05, 4.69) is 15.6 Å². The molecule has 2 rings (SSSR count). The Kier molecular flexibility index (Phi) is 8.34. The summed E-state index contributed by atoms with van der Waals surface area (Å²) in [6.07, 6.45) is 8.72. The fraction of sp³-hybridized carbons (Fsp3) is 0.778. The summed E-state index contributed by atoms with van der Waals surface area (Å²) in [7, 11) is -2.93. The van der Waals surface area contributed by atoms with Gasteiger partial charge in [0, 0.05) is 36.7 Å². The van der Waals surface area contributed by atoms with Crippen LogP contribution in [0.1, 0.15) is 55.1 Å². The van der Waals surface area contributed by atoms with Crippen LogP contribution in [-0.2, 0) is 29.1 Å². The lowest BCUT2D eigenvalue weighted by Gasteiger charge is -2.17. The Bertz CT molecular complexity index is 675. The number of aromatic nitrogens is 1. The minimum absolute atomic E-state index is 0.0632. The molecule has 1 aromatic rings. The molecule has 2 N–H and O–H groups in total. The topological polar surface area (TPSA) is 83.4 Å². The van der Waals surface area contributed by atoms with Gasteiger partial charge in [-0.1, -0.05) is 0 Å². The second-order valence-electron chi connectivity index (χ2n) is 7.01. The molecule has 1 heterocycles. The zero-order valence-corrected chi connectivity index (χ0v) is 17.8. The van der Waals surface area contributed by atoms with Crippen LogP contribution in [0.25, 0.3) is 0 Å². The van der Waals surface area contributed by atoms with Gasteiger partial charge in [-0.15, -0.1) is 11.3 Å². The molecular formula is C18H32N4O2S2. The molecule has 6 nitrogen and oxygen atoms in total. The van der Waals surface area contributed by atoms with E-state index in [4.69, 9.17) is 4.98 Å². The molecule has 8 heteroatoms. The zero-order chi connectivity index (χ0) is 19.0. The van der Waals surface area contributed by atoms with E-state index in [0.717, 1.165) is 38.3 Å². The fourth-order valence-electron chi connectivity index (χ4n) is 2.95.